The summed E-state index contributed by atoms with van der Waals surface area (Å²) in [6.45, 7) is 4.91. The minimum atomic E-state index is -0.535. The molecule has 3 atom stereocenters. The quantitative estimate of drug-likeness (QED) is 0.747. The highest BCUT2D eigenvalue weighted by molar-refractivity contribution is 7.98. The molecule has 7 heteroatoms. The normalized spacial score (nSPS) is 21.1. The fourth-order valence-corrected chi connectivity index (χ4v) is 3.44. The number of carbonyl (C=O) groups excluding carboxylic acids is 2. The van der Waals surface area contributed by atoms with Gasteiger partial charge < -0.3 is 19.7 Å². The molecule has 1 fully saturated rings. The van der Waals surface area contributed by atoms with Crippen LogP contribution in [0.15, 0.2) is 30.3 Å². The number of hydrogen-bond acceptors (Lipinski definition) is 5. The van der Waals surface area contributed by atoms with Crippen LogP contribution in [-0.2, 0) is 14.3 Å². The SMILES string of the molecule is CSCC[C@H](NC(=O)COc1ccccc1)C(=O)N1C[C@@H](C)O[C@H](C)C1. The molecule has 0 bridgehead atoms. The highest BCUT2D eigenvalue weighted by Crippen LogP contribution is 2.14. The van der Waals surface area contributed by atoms with E-state index in [1.54, 1.807) is 28.8 Å². The van der Waals surface area contributed by atoms with Gasteiger partial charge in [0, 0.05) is 13.1 Å². The first-order valence-corrected chi connectivity index (χ1v) is 10.3. The van der Waals surface area contributed by atoms with Gasteiger partial charge in [0.1, 0.15) is 11.8 Å². The van der Waals surface area contributed by atoms with E-state index in [2.05, 4.69) is 5.32 Å². The Kier molecular flexibility index (Phi) is 8.25. The van der Waals surface area contributed by atoms with Crippen LogP contribution in [0.1, 0.15) is 20.3 Å². The molecule has 0 saturated carbocycles. The van der Waals surface area contributed by atoms with E-state index in [-0.39, 0.29) is 30.6 Å². The van der Waals surface area contributed by atoms with E-state index in [0.717, 1.165) is 5.75 Å². The van der Waals surface area contributed by atoms with E-state index in [4.69, 9.17) is 9.47 Å². The molecule has 144 valence electrons. The lowest BCUT2D eigenvalue weighted by Gasteiger charge is -2.37. The van der Waals surface area contributed by atoms with E-state index in [9.17, 15) is 9.59 Å². The van der Waals surface area contributed by atoms with Crippen molar-refractivity contribution in [3.8, 4) is 5.75 Å². The number of hydrogen-bond donors (Lipinski definition) is 1. The van der Waals surface area contributed by atoms with Gasteiger partial charge in [0.05, 0.1) is 12.2 Å². The molecule has 1 N–H and O–H groups in total. The average molecular weight is 381 g/mol. The van der Waals surface area contributed by atoms with Gasteiger partial charge in [-0.25, -0.2) is 0 Å². The number of carbonyl (C=O) groups is 2. The second-order valence-corrected chi connectivity index (χ2v) is 7.49. The smallest absolute Gasteiger partial charge is 0.258 e. The molecule has 0 spiro atoms. The minimum absolute atomic E-state index is 0.000940. The standard InChI is InChI=1S/C19H28N2O4S/c1-14-11-21(12-15(2)25-14)19(23)17(9-10-26-3)20-18(22)13-24-16-7-5-4-6-8-16/h4-8,14-15,17H,9-13H2,1-3H3,(H,20,22)/t14-,15-,17+/m1/s1. The number of morpholine rings is 1. The van der Waals surface area contributed by atoms with Crippen LogP contribution in [0, 0.1) is 0 Å². The lowest BCUT2D eigenvalue weighted by atomic mass is 10.1. The maximum Gasteiger partial charge on any atom is 0.258 e. The van der Waals surface area contributed by atoms with Crippen LogP contribution in [0.4, 0.5) is 0 Å². The van der Waals surface area contributed by atoms with Gasteiger partial charge in [0.25, 0.3) is 5.91 Å². The summed E-state index contributed by atoms with van der Waals surface area (Å²) in [7, 11) is 0. The fourth-order valence-electron chi connectivity index (χ4n) is 2.97. The van der Waals surface area contributed by atoms with Gasteiger partial charge in [0.2, 0.25) is 5.91 Å². The summed E-state index contributed by atoms with van der Waals surface area (Å²) in [5, 5.41) is 2.84. The zero-order valence-electron chi connectivity index (χ0n) is 15.6. The minimum Gasteiger partial charge on any atom is -0.484 e. The summed E-state index contributed by atoms with van der Waals surface area (Å²) in [6.07, 6.45) is 2.58. The Bertz CT molecular complexity index is 574. The lowest BCUT2D eigenvalue weighted by Crippen LogP contribution is -2.55. The number of thioether (sulfide) groups is 1. The Balaban J connectivity index is 1.92. The van der Waals surface area contributed by atoms with Crippen molar-refractivity contribution in [2.24, 2.45) is 0 Å². The summed E-state index contributed by atoms with van der Waals surface area (Å²) in [5.41, 5.74) is 0. The number of para-hydroxylation sites is 1. The number of rotatable bonds is 8. The molecule has 0 aliphatic carbocycles. The molecule has 1 aliphatic rings. The number of nitrogens with one attached hydrogen (secondary N) is 1. The molecule has 2 rings (SSSR count). The molecule has 26 heavy (non-hydrogen) atoms. The van der Waals surface area contributed by atoms with E-state index < -0.39 is 6.04 Å². The van der Waals surface area contributed by atoms with E-state index in [1.165, 1.54) is 0 Å². The molecule has 0 unspecified atom stereocenters. The summed E-state index contributed by atoms with van der Waals surface area (Å²) < 4.78 is 11.2. The molecule has 1 aliphatic heterocycles. The second kappa shape index (κ2) is 10.4. The molecule has 6 nitrogen and oxygen atoms in total. The van der Waals surface area contributed by atoms with Crippen LogP contribution in [0.5, 0.6) is 5.75 Å². The van der Waals surface area contributed by atoms with Gasteiger partial charge in [-0.2, -0.15) is 11.8 Å². The number of ether oxygens (including phenoxy) is 2. The lowest BCUT2D eigenvalue weighted by molar-refractivity contribution is -0.147. The maximum atomic E-state index is 12.9. The molecule has 1 saturated heterocycles. The van der Waals surface area contributed by atoms with E-state index in [0.29, 0.717) is 25.3 Å². The molecular formula is C19H28N2O4S. The average Bonchev–Trinajstić information content (AvgIpc) is 2.63. The summed E-state index contributed by atoms with van der Waals surface area (Å²) >= 11 is 1.65. The maximum absolute atomic E-state index is 12.9. The molecule has 0 radical (unpaired) electrons. The van der Waals surface area contributed by atoms with Gasteiger partial charge in [-0.1, -0.05) is 18.2 Å². The van der Waals surface area contributed by atoms with Gasteiger partial charge >= 0.3 is 0 Å². The highest BCUT2D eigenvalue weighted by atomic mass is 32.2. The van der Waals surface area contributed by atoms with E-state index in [1.807, 2.05) is 38.3 Å². The number of nitrogens with zero attached hydrogens (tertiary/aromatic N) is 1. The predicted molar refractivity (Wildman–Crippen MR) is 103 cm³/mol. The number of benzene rings is 1. The molecule has 1 heterocycles. The van der Waals surface area contributed by atoms with Crippen molar-refractivity contribution in [1.82, 2.24) is 10.2 Å². The molecule has 2 amide bonds. The van der Waals surface area contributed by atoms with Crippen LogP contribution in [0.3, 0.4) is 0 Å². The number of amides is 2. The predicted octanol–water partition coefficient (Wildman–Crippen LogP) is 1.94. The Morgan fingerprint density at radius 1 is 1.27 bits per heavy atom. The molecule has 1 aromatic rings. The third-order valence-electron chi connectivity index (χ3n) is 4.09. The van der Waals surface area contributed by atoms with Crippen LogP contribution in [-0.4, -0.2) is 66.7 Å². The highest BCUT2D eigenvalue weighted by Gasteiger charge is 2.31. The topological polar surface area (TPSA) is 67.9 Å². The first kappa shape index (κ1) is 20.6. The zero-order chi connectivity index (χ0) is 18.9. The second-order valence-electron chi connectivity index (χ2n) is 6.50. The van der Waals surface area contributed by atoms with Crippen molar-refractivity contribution in [2.75, 3.05) is 31.7 Å². The van der Waals surface area contributed by atoms with Gasteiger partial charge in [-0.15, -0.1) is 0 Å². The van der Waals surface area contributed by atoms with Crippen molar-refractivity contribution in [3.63, 3.8) is 0 Å². The van der Waals surface area contributed by atoms with Crippen LogP contribution >= 0.6 is 11.8 Å². The fraction of sp³-hybridized carbons (Fsp3) is 0.579. The first-order chi connectivity index (χ1) is 12.5. The van der Waals surface area contributed by atoms with Crippen LogP contribution in [0.2, 0.25) is 0 Å². The largest absolute Gasteiger partial charge is 0.484 e. The first-order valence-electron chi connectivity index (χ1n) is 8.90. The third kappa shape index (κ3) is 6.53. The third-order valence-corrected chi connectivity index (χ3v) is 4.73. The van der Waals surface area contributed by atoms with Crippen molar-refractivity contribution >= 4 is 23.6 Å². The van der Waals surface area contributed by atoms with Crippen molar-refractivity contribution < 1.29 is 19.1 Å². The van der Waals surface area contributed by atoms with Crippen LogP contribution < -0.4 is 10.1 Å². The van der Waals surface area contributed by atoms with Gasteiger partial charge in [-0.3, -0.25) is 9.59 Å². The van der Waals surface area contributed by atoms with Crippen molar-refractivity contribution in [2.45, 2.75) is 38.5 Å². The van der Waals surface area contributed by atoms with E-state index >= 15 is 0 Å². The Labute approximate surface area is 159 Å². The molecule has 0 aromatic heterocycles. The Morgan fingerprint density at radius 3 is 2.54 bits per heavy atom. The monoisotopic (exact) mass is 380 g/mol. The Hall–Kier alpha value is -1.73. The van der Waals surface area contributed by atoms with Crippen molar-refractivity contribution in [1.29, 1.82) is 0 Å². The van der Waals surface area contributed by atoms with Gasteiger partial charge in [0.15, 0.2) is 6.61 Å². The van der Waals surface area contributed by atoms with Crippen molar-refractivity contribution in [3.05, 3.63) is 30.3 Å². The molecule has 1 aromatic carbocycles. The summed E-state index contributed by atoms with van der Waals surface area (Å²) in [4.78, 5) is 27.0. The summed E-state index contributed by atoms with van der Waals surface area (Å²) in [6, 6.07) is 8.62. The zero-order valence-corrected chi connectivity index (χ0v) is 16.5. The van der Waals surface area contributed by atoms with Crippen LogP contribution in [0.25, 0.3) is 0 Å². The Morgan fingerprint density at radius 2 is 1.92 bits per heavy atom. The van der Waals surface area contributed by atoms with Gasteiger partial charge in [-0.05, 0) is 44.4 Å². The summed E-state index contributed by atoms with van der Waals surface area (Å²) in [5.74, 6) is 1.09. The molecular weight excluding hydrogens is 352 g/mol.